The first-order chi connectivity index (χ1) is 11.8. The second-order valence-corrected chi connectivity index (χ2v) is 8.09. The molecule has 1 atom stereocenters. The van der Waals surface area contributed by atoms with Gasteiger partial charge in [-0.05, 0) is 43.2 Å². The fraction of sp³-hybridized carbons (Fsp3) is 0.278. The molecule has 132 valence electrons. The third-order valence-corrected chi connectivity index (χ3v) is 5.52. The molecule has 7 heteroatoms. The van der Waals surface area contributed by atoms with Crippen molar-refractivity contribution in [3.8, 4) is 0 Å². The van der Waals surface area contributed by atoms with Gasteiger partial charge in [-0.3, -0.25) is 9.10 Å². The summed E-state index contributed by atoms with van der Waals surface area (Å²) in [5.74, 6) is -0.689. The van der Waals surface area contributed by atoms with Crippen LogP contribution in [0.4, 0.5) is 10.1 Å². The SMILES string of the molecule is C[C@H]1Cc2cc(C(=O)NCc3ccccc3F)ccc2N1S(C)(=O)=O. The number of sulfonamides is 1. The molecule has 1 aliphatic rings. The minimum atomic E-state index is -3.36. The van der Waals surface area contributed by atoms with E-state index < -0.39 is 10.0 Å². The molecule has 25 heavy (non-hydrogen) atoms. The molecule has 1 heterocycles. The van der Waals surface area contributed by atoms with E-state index in [-0.39, 0.29) is 24.3 Å². The van der Waals surface area contributed by atoms with Gasteiger partial charge in [-0.15, -0.1) is 0 Å². The summed E-state index contributed by atoms with van der Waals surface area (Å²) in [6.45, 7) is 1.92. The highest BCUT2D eigenvalue weighted by Gasteiger charge is 2.32. The van der Waals surface area contributed by atoms with Gasteiger partial charge < -0.3 is 5.32 Å². The zero-order valence-corrected chi connectivity index (χ0v) is 14.8. The number of rotatable bonds is 4. The Hall–Kier alpha value is -2.41. The summed E-state index contributed by atoms with van der Waals surface area (Å²) in [5, 5.41) is 2.69. The molecular weight excluding hydrogens is 343 g/mol. The smallest absolute Gasteiger partial charge is 0.251 e. The number of nitrogens with one attached hydrogen (secondary N) is 1. The second-order valence-electron chi connectivity index (χ2n) is 6.23. The van der Waals surface area contributed by atoms with Gasteiger partial charge in [0, 0.05) is 23.7 Å². The number of fused-ring (bicyclic) bond motifs is 1. The lowest BCUT2D eigenvalue weighted by Gasteiger charge is -2.21. The average Bonchev–Trinajstić information content (AvgIpc) is 2.88. The predicted octanol–water partition coefficient (Wildman–Crippen LogP) is 2.47. The molecule has 0 saturated heterocycles. The molecular formula is C18H19FN2O3S. The van der Waals surface area contributed by atoms with Gasteiger partial charge in [0.2, 0.25) is 10.0 Å². The van der Waals surface area contributed by atoms with Gasteiger partial charge in [0.15, 0.2) is 0 Å². The minimum absolute atomic E-state index is 0.0917. The van der Waals surface area contributed by atoms with Crippen LogP contribution in [0, 0.1) is 5.82 Å². The van der Waals surface area contributed by atoms with E-state index in [2.05, 4.69) is 5.32 Å². The largest absolute Gasteiger partial charge is 0.348 e. The molecule has 0 aliphatic carbocycles. The van der Waals surface area contributed by atoms with Crippen LogP contribution in [-0.4, -0.2) is 26.6 Å². The van der Waals surface area contributed by atoms with E-state index in [0.29, 0.717) is 23.2 Å². The monoisotopic (exact) mass is 362 g/mol. The summed E-state index contributed by atoms with van der Waals surface area (Å²) in [6.07, 6.45) is 1.73. The Morgan fingerprint density at radius 2 is 2.00 bits per heavy atom. The lowest BCUT2D eigenvalue weighted by Crippen LogP contribution is -2.34. The van der Waals surface area contributed by atoms with E-state index in [0.717, 1.165) is 5.56 Å². The molecule has 0 spiro atoms. The first-order valence-corrected chi connectivity index (χ1v) is 9.76. The van der Waals surface area contributed by atoms with Gasteiger partial charge in [-0.2, -0.15) is 0 Å². The van der Waals surface area contributed by atoms with Crippen molar-refractivity contribution in [3.05, 3.63) is 65.0 Å². The normalized spacial score (nSPS) is 16.6. The minimum Gasteiger partial charge on any atom is -0.348 e. The Morgan fingerprint density at radius 3 is 2.68 bits per heavy atom. The van der Waals surface area contributed by atoms with Crippen molar-refractivity contribution in [2.75, 3.05) is 10.6 Å². The van der Waals surface area contributed by atoms with Gasteiger partial charge in [-0.1, -0.05) is 18.2 Å². The fourth-order valence-electron chi connectivity index (χ4n) is 3.17. The third kappa shape index (κ3) is 3.51. The molecule has 0 fully saturated rings. The summed E-state index contributed by atoms with van der Waals surface area (Å²) < 4.78 is 38.8. The van der Waals surface area contributed by atoms with E-state index in [4.69, 9.17) is 0 Å². The maximum absolute atomic E-state index is 13.6. The van der Waals surface area contributed by atoms with Gasteiger partial charge in [0.1, 0.15) is 5.82 Å². The second kappa shape index (κ2) is 6.48. The Bertz CT molecular complexity index is 928. The molecule has 5 nitrogen and oxygen atoms in total. The summed E-state index contributed by atoms with van der Waals surface area (Å²) in [6, 6.07) is 11.0. The van der Waals surface area contributed by atoms with Crippen molar-refractivity contribution < 1.29 is 17.6 Å². The molecule has 1 amide bonds. The van der Waals surface area contributed by atoms with Crippen LogP contribution >= 0.6 is 0 Å². The molecule has 2 aromatic carbocycles. The topological polar surface area (TPSA) is 66.5 Å². The number of amides is 1. The van der Waals surface area contributed by atoms with Crippen molar-refractivity contribution >= 4 is 21.6 Å². The molecule has 0 unspecified atom stereocenters. The summed E-state index contributed by atoms with van der Waals surface area (Å²) in [7, 11) is -3.36. The van der Waals surface area contributed by atoms with Crippen LogP contribution in [0.5, 0.6) is 0 Å². The Kier molecular flexibility index (Phi) is 4.51. The van der Waals surface area contributed by atoms with Crippen LogP contribution in [-0.2, 0) is 23.0 Å². The molecule has 0 radical (unpaired) electrons. The van der Waals surface area contributed by atoms with Crippen LogP contribution in [0.3, 0.4) is 0 Å². The first-order valence-electron chi connectivity index (χ1n) is 7.91. The van der Waals surface area contributed by atoms with Crippen molar-refractivity contribution in [2.24, 2.45) is 0 Å². The molecule has 0 saturated carbocycles. The highest BCUT2D eigenvalue weighted by Crippen LogP contribution is 2.34. The van der Waals surface area contributed by atoms with E-state index in [9.17, 15) is 17.6 Å². The molecule has 3 rings (SSSR count). The van der Waals surface area contributed by atoms with Crippen molar-refractivity contribution in [3.63, 3.8) is 0 Å². The van der Waals surface area contributed by atoms with Crippen molar-refractivity contribution in [1.82, 2.24) is 5.32 Å². The standard InChI is InChI=1S/C18H19FN2O3S/c1-12-9-15-10-13(7-8-17(15)21(12)25(2,23)24)18(22)20-11-14-5-3-4-6-16(14)19/h3-8,10,12H,9,11H2,1-2H3,(H,20,22)/t12-/m0/s1. The Balaban J connectivity index is 1.78. The van der Waals surface area contributed by atoms with E-state index >= 15 is 0 Å². The molecule has 2 aromatic rings. The highest BCUT2D eigenvalue weighted by molar-refractivity contribution is 7.92. The van der Waals surface area contributed by atoms with Gasteiger partial charge in [0.05, 0.1) is 11.9 Å². The molecule has 1 aliphatic heterocycles. The van der Waals surface area contributed by atoms with Crippen molar-refractivity contribution in [1.29, 1.82) is 0 Å². The lowest BCUT2D eigenvalue weighted by molar-refractivity contribution is 0.0950. The maximum atomic E-state index is 13.6. The number of hydrogen-bond acceptors (Lipinski definition) is 3. The number of carbonyl (C=O) groups is 1. The van der Waals surface area contributed by atoms with Gasteiger partial charge in [-0.25, -0.2) is 12.8 Å². The van der Waals surface area contributed by atoms with Crippen LogP contribution in [0.1, 0.15) is 28.4 Å². The summed E-state index contributed by atoms with van der Waals surface area (Å²) in [5.41, 5.74) is 2.27. The number of halogens is 1. The van der Waals surface area contributed by atoms with Crippen molar-refractivity contribution in [2.45, 2.75) is 25.9 Å². The van der Waals surface area contributed by atoms with Crippen LogP contribution in [0.25, 0.3) is 0 Å². The zero-order chi connectivity index (χ0) is 18.2. The number of nitrogens with zero attached hydrogens (tertiary/aromatic N) is 1. The quantitative estimate of drug-likeness (QED) is 0.909. The van der Waals surface area contributed by atoms with Crippen LogP contribution < -0.4 is 9.62 Å². The number of anilines is 1. The van der Waals surface area contributed by atoms with E-state index in [1.54, 1.807) is 36.4 Å². The molecule has 0 aromatic heterocycles. The maximum Gasteiger partial charge on any atom is 0.251 e. The summed E-state index contributed by atoms with van der Waals surface area (Å²) >= 11 is 0. The Labute approximate surface area is 146 Å². The number of benzene rings is 2. The third-order valence-electron chi connectivity index (χ3n) is 4.25. The average molecular weight is 362 g/mol. The van der Waals surface area contributed by atoms with Gasteiger partial charge in [0.25, 0.3) is 5.91 Å². The zero-order valence-electron chi connectivity index (χ0n) is 14.0. The number of hydrogen-bond donors (Lipinski definition) is 1. The van der Waals surface area contributed by atoms with E-state index in [1.165, 1.54) is 16.6 Å². The van der Waals surface area contributed by atoms with Crippen LogP contribution in [0.2, 0.25) is 0 Å². The van der Waals surface area contributed by atoms with Gasteiger partial charge >= 0.3 is 0 Å². The number of carbonyl (C=O) groups excluding carboxylic acids is 1. The summed E-state index contributed by atoms with van der Waals surface area (Å²) in [4.78, 5) is 12.3. The van der Waals surface area contributed by atoms with E-state index in [1.807, 2.05) is 6.92 Å². The molecule has 1 N–H and O–H groups in total. The first kappa shape index (κ1) is 17.4. The predicted molar refractivity (Wildman–Crippen MR) is 94.5 cm³/mol. The fourth-order valence-corrected chi connectivity index (χ4v) is 4.43. The van der Waals surface area contributed by atoms with Crippen LogP contribution in [0.15, 0.2) is 42.5 Å². The lowest BCUT2D eigenvalue weighted by atomic mass is 10.1. The Morgan fingerprint density at radius 1 is 1.28 bits per heavy atom. The molecule has 0 bridgehead atoms. The highest BCUT2D eigenvalue weighted by atomic mass is 32.2.